The quantitative estimate of drug-likeness (QED) is 0.380. The summed E-state index contributed by atoms with van der Waals surface area (Å²) in [5.74, 6) is 0.860. The number of benzene rings is 2. The standard InChI is InChI=1S/C21H24INO/c1-15(2)12-16-6-5-7-17(13-16)14-20(24)23-11-10-18-8-3-4-9-19(18)21(23)22/h3-9,13,15,21H,10-12,14H2,1-2H3. The normalized spacial score (nSPS) is 17.0. The molecule has 0 N–H and O–H groups in total. The van der Waals surface area contributed by atoms with Gasteiger partial charge in [0.15, 0.2) is 0 Å². The molecule has 2 aromatic rings. The first-order valence-electron chi connectivity index (χ1n) is 8.63. The van der Waals surface area contributed by atoms with Crippen molar-refractivity contribution in [2.45, 2.75) is 37.2 Å². The van der Waals surface area contributed by atoms with Crippen molar-refractivity contribution >= 4 is 28.5 Å². The van der Waals surface area contributed by atoms with Crippen LogP contribution in [-0.2, 0) is 24.1 Å². The van der Waals surface area contributed by atoms with E-state index in [4.69, 9.17) is 0 Å². The highest BCUT2D eigenvalue weighted by molar-refractivity contribution is 14.1. The van der Waals surface area contributed by atoms with Crippen molar-refractivity contribution < 1.29 is 4.79 Å². The monoisotopic (exact) mass is 433 g/mol. The summed E-state index contributed by atoms with van der Waals surface area (Å²) in [6, 6.07) is 17.0. The Hall–Kier alpha value is -1.36. The number of nitrogens with zero attached hydrogens (tertiary/aromatic N) is 1. The molecule has 0 saturated heterocycles. The first-order chi connectivity index (χ1) is 11.5. The fourth-order valence-corrected chi connectivity index (χ4v) is 4.58. The molecule has 24 heavy (non-hydrogen) atoms. The predicted molar refractivity (Wildman–Crippen MR) is 107 cm³/mol. The molecule has 0 saturated carbocycles. The minimum Gasteiger partial charge on any atom is -0.326 e. The van der Waals surface area contributed by atoms with E-state index in [9.17, 15) is 4.79 Å². The molecule has 0 aliphatic carbocycles. The van der Waals surface area contributed by atoms with Crippen molar-refractivity contribution in [1.82, 2.24) is 4.90 Å². The molecule has 3 rings (SSSR count). The number of carbonyl (C=O) groups excluding carboxylic acids is 1. The lowest BCUT2D eigenvalue weighted by atomic mass is 9.98. The van der Waals surface area contributed by atoms with E-state index >= 15 is 0 Å². The average molecular weight is 433 g/mol. The van der Waals surface area contributed by atoms with Crippen LogP contribution >= 0.6 is 22.6 Å². The summed E-state index contributed by atoms with van der Waals surface area (Å²) in [5, 5.41) is 0. The Morgan fingerprint density at radius 2 is 1.92 bits per heavy atom. The van der Waals surface area contributed by atoms with Crippen LogP contribution in [0.25, 0.3) is 0 Å². The van der Waals surface area contributed by atoms with Gasteiger partial charge in [0.1, 0.15) is 4.05 Å². The summed E-state index contributed by atoms with van der Waals surface area (Å²) in [5.41, 5.74) is 5.11. The molecule has 0 bridgehead atoms. The molecule has 0 radical (unpaired) electrons. The van der Waals surface area contributed by atoms with Crippen LogP contribution in [0.3, 0.4) is 0 Å². The van der Waals surface area contributed by atoms with Gasteiger partial charge in [-0.25, -0.2) is 0 Å². The fourth-order valence-electron chi connectivity index (χ4n) is 3.38. The Kier molecular flexibility index (Phi) is 5.59. The third-order valence-corrected chi connectivity index (χ3v) is 5.86. The zero-order chi connectivity index (χ0) is 17.1. The molecule has 0 spiro atoms. The fraction of sp³-hybridized carbons (Fsp3) is 0.381. The molecular weight excluding hydrogens is 409 g/mol. The van der Waals surface area contributed by atoms with Crippen LogP contribution in [0, 0.1) is 5.92 Å². The maximum atomic E-state index is 12.8. The van der Waals surface area contributed by atoms with Gasteiger partial charge in [0.05, 0.1) is 6.42 Å². The molecule has 1 amide bonds. The minimum absolute atomic E-state index is 0.138. The van der Waals surface area contributed by atoms with E-state index in [0.29, 0.717) is 12.3 Å². The Labute approximate surface area is 158 Å². The molecular formula is C21H24INO. The second kappa shape index (κ2) is 7.68. The summed E-state index contributed by atoms with van der Waals surface area (Å²) in [7, 11) is 0. The number of rotatable bonds is 4. The van der Waals surface area contributed by atoms with Crippen LogP contribution < -0.4 is 0 Å². The number of carbonyl (C=O) groups is 1. The molecule has 0 aromatic heterocycles. The van der Waals surface area contributed by atoms with Crippen molar-refractivity contribution in [3.8, 4) is 0 Å². The smallest absolute Gasteiger partial charge is 0.228 e. The summed E-state index contributed by atoms with van der Waals surface area (Å²) < 4.78 is 0.138. The van der Waals surface area contributed by atoms with Gasteiger partial charge in [0.2, 0.25) is 5.91 Å². The van der Waals surface area contributed by atoms with Crippen molar-refractivity contribution in [3.63, 3.8) is 0 Å². The number of fused-ring (bicyclic) bond motifs is 1. The zero-order valence-corrected chi connectivity index (χ0v) is 16.5. The molecule has 3 heteroatoms. The first-order valence-corrected chi connectivity index (χ1v) is 9.88. The summed E-state index contributed by atoms with van der Waals surface area (Å²) in [6.45, 7) is 5.27. The van der Waals surface area contributed by atoms with Crippen LogP contribution in [-0.4, -0.2) is 17.4 Å². The largest absolute Gasteiger partial charge is 0.326 e. The Morgan fingerprint density at radius 3 is 2.71 bits per heavy atom. The van der Waals surface area contributed by atoms with Crippen LogP contribution in [0.15, 0.2) is 48.5 Å². The van der Waals surface area contributed by atoms with Gasteiger partial charge in [-0.05, 0) is 41.0 Å². The van der Waals surface area contributed by atoms with Crippen LogP contribution in [0.1, 0.15) is 40.1 Å². The van der Waals surface area contributed by atoms with Gasteiger partial charge in [-0.2, -0.15) is 0 Å². The molecule has 126 valence electrons. The Balaban J connectivity index is 1.72. The average Bonchev–Trinajstić information content (AvgIpc) is 2.55. The first kappa shape index (κ1) is 17.5. The van der Waals surface area contributed by atoms with Gasteiger partial charge in [0, 0.05) is 6.54 Å². The molecule has 2 aromatic carbocycles. The van der Waals surface area contributed by atoms with Gasteiger partial charge in [-0.1, -0.05) is 85.0 Å². The van der Waals surface area contributed by atoms with E-state index in [2.05, 4.69) is 85.0 Å². The molecule has 1 atom stereocenters. The second-order valence-electron chi connectivity index (χ2n) is 6.97. The van der Waals surface area contributed by atoms with Crippen molar-refractivity contribution in [1.29, 1.82) is 0 Å². The maximum Gasteiger partial charge on any atom is 0.228 e. The highest BCUT2D eigenvalue weighted by Crippen LogP contribution is 2.35. The summed E-state index contributed by atoms with van der Waals surface area (Å²) >= 11 is 2.40. The van der Waals surface area contributed by atoms with E-state index in [-0.39, 0.29) is 9.96 Å². The van der Waals surface area contributed by atoms with Crippen LogP contribution in [0.4, 0.5) is 0 Å². The predicted octanol–water partition coefficient (Wildman–Crippen LogP) is 4.95. The number of amides is 1. The lowest BCUT2D eigenvalue weighted by Crippen LogP contribution is -2.38. The van der Waals surface area contributed by atoms with Crippen LogP contribution in [0.5, 0.6) is 0 Å². The number of alkyl halides is 1. The van der Waals surface area contributed by atoms with Crippen LogP contribution in [0.2, 0.25) is 0 Å². The molecule has 0 fully saturated rings. The van der Waals surface area contributed by atoms with E-state index in [1.165, 1.54) is 16.7 Å². The summed E-state index contributed by atoms with van der Waals surface area (Å²) in [6.07, 6.45) is 2.51. The number of hydrogen-bond acceptors (Lipinski definition) is 1. The van der Waals surface area contributed by atoms with Gasteiger partial charge in [-0.15, -0.1) is 0 Å². The third-order valence-electron chi connectivity index (χ3n) is 4.52. The Bertz CT molecular complexity index is 725. The molecule has 2 nitrogen and oxygen atoms in total. The molecule has 1 aliphatic heterocycles. The van der Waals surface area contributed by atoms with Crippen molar-refractivity contribution in [2.75, 3.05) is 6.54 Å². The van der Waals surface area contributed by atoms with Gasteiger partial charge < -0.3 is 4.90 Å². The number of halogens is 1. The lowest BCUT2D eigenvalue weighted by Gasteiger charge is -2.34. The molecule has 1 heterocycles. The highest BCUT2D eigenvalue weighted by Gasteiger charge is 2.28. The van der Waals surface area contributed by atoms with Crippen molar-refractivity contribution in [3.05, 3.63) is 70.8 Å². The van der Waals surface area contributed by atoms with E-state index < -0.39 is 0 Å². The van der Waals surface area contributed by atoms with Gasteiger partial charge in [0.25, 0.3) is 0 Å². The minimum atomic E-state index is 0.138. The zero-order valence-electron chi connectivity index (χ0n) is 14.3. The topological polar surface area (TPSA) is 20.3 Å². The van der Waals surface area contributed by atoms with Gasteiger partial charge >= 0.3 is 0 Å². The third kappa shape index (κ3) is 4.00. The van der Waals surface area contributed by atoms with E-state index in [1.54, 1.807) is 0 Å². The SMILES string of the molecule is CC(C)Cc1cccc(CC(=O)N2CCc3ccccc3C2I)c1. The number of hydrogen-bond donors (Lipinski definition) is 0. The highest BCUT2D eigenvalue weighted by atomic mass is 127. The second-order valence-corrected chi connectivity index (χ2v) is 8.15. The van der Waals surface area contributed by atoms with E-state index in [0.717, 1.165) is 24.9 Å². The van der Waals surface area contributed by atoms with Gasteiger partial charge in [-0.3, -0.25) is 4.79 Å². The van der Waals surface area contributed by atoms with Crippen molar-refractivity contribution in [2.24, 2.45) is 5.92 Å². The molecule has 1 aliphatic rings. The maximum absolute atomic E-state index is 12.8. The molecule has 1 unspecified atom stereocenters. The Morgan fingerprint density at radius 1 is 1.17 bits per heavy atom. The van der Waals surface area contributed by atoms with E-state index in [1.807, 2.05) is 4.90 Å². The summed E-state index contributed by atoms with van der Waals surface area (Å²) in [4.78, 5) is 14.9. The lowest BCUT2D eigenvalue weighted by molar-refractivity contribution is -0.131.